The summed E-state index contributed by atoms with van der Waals surface area (Å²) in [5.74, 6) is 0. The number of rotatable bonds is 2. The molecule has 0 spiro atoms. The first-order chi connectivity index (χ1) is 14.9. The molecule has 4 aromatic carbocycles. The van der Waals surface area contributed by atoms with Gasteiger partial charge in [-0.05, 0) is 65.3 Å². The Kier molecular flexibility index (Phi) is 4.06. The number of fused-ring (bicyclic) bond motifs is 5. The van der Waals surface area contributed by atoms with Crippen molar-refractivity contribution in [1.82, 2.24) is 4.57 Å². The zero-order chi connectivity index (χ0) is 19.9. The van der Waals surface area contributed by atoms with E-state index in [2.05, 4.69) is 108 Å². The quantitative estimate of drug-likeness (QED) is 0.297. The normalized spacial score (nSPS) is 12.9. The van der Waals surface area contributed by atoms with Crippen molar-refractivity contribution in [2.45, 2.75) is 19.3 Å². The predicted octanol–water partition coefficient (Wildman–Crippen LogP) is 7.45. The lowest BCUT2D eigenvalue weighted by molar-refractivity contribution is 0.835. The van der Waals surface area contributed by atoms with Gasteiger partial charge in [-0.1, -0.05) is 78.9 Å². The molecule has 0 atom stereocenters. The maximum Gasteiger partial charge on any atom is 0.0609 e. The van der Waals surface area contributed by atoms with Crippen LogP contribution >= 0.6 is 0 Å². The Labute approximate surface area is 177 Å². The van der Waals surface area contributed by atoms with Gasteiger partial charge in [0.25, 0.3) is 0 Å². The lowest BCUT2D eigenvalue weighted by atomic mass is 9.94. The molecule has 1 nitrogen and oxygen atoms in total. The summed E-state index contributed by atoms with van der Waals surface area (Å²) in [6.07, 6.45) is 5.72. The highest BCUT2D eigenvalue weighted by molar-refractivity contribution is 5.98. The molecule has 1 heteroatoms. The first-order valence-corrected chi connectivity index (χ1v) is 10.8. The second-order valence-electron chi connectivity index (χ2n) is 8.15. The van der Waals surface area contributed by atoms with Crippen LogP contribution in [0.3, 0.4) is 0 Å². The van der Waals surface area contributed by atoms with Crippen LogP contribution in [0, 0.1) is 0 Å². The van der Waals surface area contributed by atoms with Gasteiger partial charge >= 0.3 is 0 Å². The summed E-state index contributed by atoms with van der Waals surface area (Å²) in [6, 6.07) is 35.3. The van der Waals surface area contributed by atoms with E-state index in [1.165, 1.54) is 56.4 Å². The molecule has 0 saturated heterocycles. The van der Waals surface area contributed by atoms with E-state index in [-0.39, 0.29) is 0 Å². The average Bonchev–Trinajstić information content (AvgIpc) is 3.15. The monoisotopic (exact) mass is 385 g/mol. The maximum absolute atomic E-state index is 2.37. The largest absolute Gasteiger partial charge is 0.316 e. The summed E-state index contributed by atoms with van der Waals surface area (Å²) >= 11 is 0. The van der Waals surface area contributed by atoms with Crippen LogP contribution in [-0.4, -0.2) is 4.57 Å². The van der Waals surface area contributed by atoms with Gasteiger partial charge in [0.1, 0.15) is 0 Å². The van der Waals surface area contributed by atoms with Gasteiger partial charge in [0.15, 0.2) is 0 Å². The summed E-state index contributed by atoms with van der Waals surface area (Å²) in [5.41, 5.74) is 10.8. The summed E-state index contributed by atoms with van der Waals surface area (Å²) in [5, 5.41) is 1.30. The fourth-order valence-corrected chi connectivity index (χ4v) is 4.89. The molecule has 6 rings (SSSR count). The molecule has 1 aliphatic carbocycles. The number of benzene rings is 4. The number of hydrogen-bond donors (Lipinski definition) is 0. The van der Waals surface area contributed by atoms with E-state index in [1.54, 1.807) is 0 Å². The molecule has 0 amide bonds. The fraction of sp³-hybridized carbons (Fsp3) is 0.103. The van der Waals surface area contributed by atoms with Gasteiger partial charge in [0.05, 0.1) is 5.52 Å². The molecule has 0 saturated carbocycles. The maximum atomic E-state index is 2.37. The van der Waals surface area contributed by atoms with Gasteiger partial charge < -0.3 is 4.57 Å². The fourth-order valence-electron chi connectivity index (χ4n) is 4.89. The van der Waals surface area contributed by atoms with Crippen LogP contribution in [0.1, 0.15) is 17.5 Å². The lowest BCUT2D eigenvalue weighted by Crippen LogP contribution is -1.97. The minimum atomic E-state index is 1.14. The van der Waals surface area contributed by atoms with Gasteiger partial charge in [-0.25, -0.2) is 0 Å². The SMILES string of the molecule is c1ccc(-c2ccc(-n3ccc4ccc5c(c43)-c3ccccc3CCC5)cc2)cc1. The van der Waals surface area contributed by atoms with Gasteiger partial charge in [0.2, 0.25) is 0 Å². The van der Waals surface area contributed by atoms with E-state index >= 15 is 0 Å². The zero-order valence-corrected chi connectivity index (χ0v) is 16.9. The third-order valence-electron chi connectivity index (χ3n) is 6.37. The molecule has 5 aromatic rings. The Hall–Kier alpha value is -3.58. The molecule has 0 N–H and O–H groups in total. The van der Waals surface area contributed by atoms with Crippen LogP contribution in [0.5, 0.6) is 0 Å². The summed E-state index contributed by atoms with van der Waals surface area (Å²) in [6.45, 7) is 0. The molecule has 144 valence electrons. The Morgan fingerprint density at radius 3 is 2.17 bits per heavy atom. The van der Waals surface area contributed by atoms with E-state index in [4.69, 9.17) is 0 Å². The third kappa shape index (κ3) is 2.78. The molecule has 1 aliphatic rings. The van der Waals surface area contributed by atoms with Gasteiger partial charge in [-0.2, -0.15) is 0 Å². The second-order valence-corrected chi connectivity index (χ2v) is 8.15. The van der Waals surface area contributed by atoms with Crippen LogP contribution in [-0.2, 0) is 12.8 Å². The molecule has 0 bridgehead atoms. The predicted molar refractivity (Wildman–Crippen MR) is 126 cm³/mol. The van der Waals surface area contributed by atoms with Crippen molar-refractivity contribution in [2.75, 3.05) is 0 Å². The van der Waals surface area contributed by atoms with Gasteiger partial charge in [-0.15, -0.1) is 0 Å². The topological polar surface area (TPSA) is 4.93 Å². The molecular formula is C29H23N. The zero-order valence-electron chi connectivity index (χ0n) is 16.9. The van der Waals surface area contributed by atoms with E-state index in [0.717, 1.165) is 12.8 Å². The number of nitrogens with zero attached hydrogens (tertiary/aromatic N) is 1. The Bertz CT molecular complexity index is 1340. The number of aryl methyl sites for hydroxylation is 2. The van der Waals surface area contributed by atoms with E-state index in [0.29, 0.717) is 0 Å². The van der Waals surface area contributed by atoms with Crippen molar-refractivity contribution >= 4 is 10.9 Å². The highest BCUT2D eigenvalue weighted by Crippen LogP contribution is 2.39. The number of aromatic nitrogens is 1. The molecule has 0 radical (unpaired) electrons. The molecule has 0 fully saturated rings. The highest BCUT2D eigenvalue weighted by atomic mass is 15.0. The molecule has 30 heavy (non-hydrogen) atoms. The van der Waals surface area contributed by atoms with E-state index < -0.39 is 0 Å². The first-order valence-electron chi connectivity index (χ1n) is 10.8. The van der Waals surface area contributed by atoms with Crippen LogP contribution in [0.2, 0.25) is 0 Å². The Morgan fingerprint density at radius 1 is 0.567 bits per heavy atom. The van der Waals surface area contributed by atoms with Crippen molar-refractivity contribution in [1.29, 1.82) is 0 Å². The van der Waals surface area contributed by atoms with E-state index in [9.17, 15) is 0 Å². The molecule has 0 unspecified atom stereocenters. The third-order valence-corrected chi connectivity index (χ3v) is 6.37. The lowest BCUT2D eigenvalue weighted by Gasteiger charge is -2.15. The van der Waals surface area contributed by atoms with E-state index in [1.807, 2.05) is 0 Å². The highest BCUT2D eigenvalue weighted by Gasteiger charge is 2.19. The van der Waals surface area contributed by atoms with Crippen LogP contribution in [0.25, 0.3) is 38.8 Å². The first kappa shape index (κ1) is 17.3. The smallest absolute Gasteiger partial charge is 0.0609 e. The Morgan fingerprint density at radius 2 is 1.30 bits per heavy atom. The van der Waals surface area contributed by atoms with Crippen LogP contribution < -0.4 is 0 Å². The van der Waals surface area contributed by atoms with Crippen molar-refractivity contribution < 1.29 is 0 Å². The Balaban J connectivity index is 1.55. The van der Waals surface area contributed by atoms with Gasteiger partial charge in [-0.3, -0.25) is 0 Å². The molecule has 1 aromatic heterocycles. The standard InChI is InChI=1S/C29H23N/c1-2-7-21(8-3-1)22-15-17-26(18-16-22)30-20-19-25-14-13-24-11-6-10-23-9-4-5-12-27(23)28(24)29(25)30/h1-5,7-9,12-20H,6,10-11H2. The minimum absolute atomic E-state index is 1.14. The van der Waals surface area contributed by atoms with Crippen molar-refractivity contribution in [2.24, 2.45) is 0 Å². The second kappa shape index (κ2) is 7.03. The van der Waals surface area contributed by atoms with Gasteiger partial charge in [0, 0.05) is 22.8 Å². The van der Waals surface area contributed by atoms with Crippen molar-refractivity contribution in [3.05, 3.63) is 114 Å². The molecular weight excluding hydrogens is 362 g/mol. The molecule has 1 heterocycles. The van der Waals surface area contributed by atoms with Crippen molar-refractivity contribution in [3.8, 4) is 27.9 Å². The van der Waals surface area contributed by atoms with Crippen molar-refractivity contribution in [3.63, 3.8) is 0 Å². The average molecular weight is 386 g/mol. The number of hydrogen-bond acceptors (Lipinski definition) is 0. The summed E-state index contributed by atoms with van der Waals surface area (Å²) < 4.78 is 2.37. The molecule has 0 aliphatic heterocycles. The minimum Gasteiger partial charge on any atom is -0.316 e. The summed E-state index contributed by atoms with van der Waals surface area (Å²) in [7, 11) is 0. The van der Waals surface area contributed by atoms with Crippen LogP contribution in [0.4, 0.5) is 0 Å². The van der Waals surface area contributed by atoms with Crippen LogP contribution in [0.15, 0.2) is 103 Å². The summed E-state index contributed by atoms with van der Waals surface area (Å²) in [4.78, 5) is 0.